The van der Waals surface area contributed by atoms with E-state index in [9.17, 15) is 0 Å². The zero-order chi connectivity index (χ0) is 13.1. The van der Waals surface area contributed by atoms with Crippen molar-refractivity contribution in [1.82, 2.24) is 4.98 Å². The number of aromatic nitrogens is 1. The number of hydrogen-bond acceptors (Lipinski definition) is 4. The number of hydrogen-bond donors (Lipinski definition) is 1. The van der Waals surface area contributed by atoms with Gasteiger partial charge in [-0.2, -0.15) is 0 Å². The van der Waals surface area contributed by atoms with Gasteiger partial charge in [-0.3, -0.25) is 4.98 Å². The highest BCUT2D eigenvalue weighted by Gasteiger charge is 2.40. The molecule has 1 aromatic rings. The Labute approximate surface area is 114 Å². The van der Waals surface area contributed by atoms with Crippen LogP contribution in [0.15, 0.2) is 18.3 Å². The minimum atomic E-state index is 0.105. The monoisotopic (exact) mass is 262 g/mol. The lowest BCUT2D eigenvalue weighted by molar-refractivity contribution is -0.108. The normalized spacial score (nSPS) is 25.6. The maximum absolute atomic E-state index is 6.06. The predicted molar refractivity (Wildman–Crippen MR) is 72.9 cm³/mol. The van der Waals surface area contributed by atoms with E-state index in [4.69, 9.17) is 15.2 Å². The third-order valence-corrected chi connectivity index (χ3v) is 4.27. The first-order chi connectivity index (χ1) is 9.30. The SMILES string of the molecule is NCc1ccc(OC2CCOC3(CCCC3)C2)cn1. The Morgan fingerprint density at radius 1 is 1.37 bits per heavy atom. The van der Waals surface area contributed by atoms with Crippen molar-refractivity contribution < 1.29 is 9.47 Å². The summed E-state index contributed by atoms with van der Waals surface area (Å²) in [7, 11) is 0. The molecule has 2 aliphatic rings. The van der Waals surface area contributed by atoms with Gasteiger partial charge in [-0.15, -0.1) is 0 Å². The number of ether oxygens (including phenoxy) is 2. The van der Waals surface area contributed by atoms with Crippen LogP contribution in [-0.4, -0.2) is 23.3 Å². The average molecular weight is 262 g/mol. The van der Waals surface area contributed by atoms with Gasteiger partial charge in [0.2, 0.25) is 0 Å². The fourth-order valence-electron chi connectivity index (χ4n) is 3.25. The molecular weight excluding hydrogens is 240 g/mol. The lowest BCUT2D eigenvalue weighted by Gasteiger charge is -2.38. The van der Waals surface area contributed by atoms with Crippen molar-refractivity contribution in [1.29, 1.82) is 0 Å². The van der Waals surface area contributed by atoms with E-state index < -0.39 is 0 Å². The molecule has 0 radical (unpaired) electrons. The topological polar surface area (TPSA) is 57.4 Å². The molecule has 19 heavy (non-hydrogen) atoms. The lowest BCUT2D eigenvalue weighted by Crippen LogP contribution is -2.41. The largest absolute Gasteiger partial charge is 0.489 e. The first-order valence-corrected chi connectivity index (χ1v) is 7.25. The Morgan fingerprint density at radius 2 is 2.21 bits per heavy atom. The molecule has 0 amide bonds. The average Bonchev–Trinajstić information content (AvgIpc) is 2.88. The molecule has 104 valence electrons. The first kappa shape index (κ1) is 12.9. The second-order valence-electron chi connectivity index (χ2n) is 5.66. The Kier molecular flexibility index (Phi) is 3.71. The molecule has 1 aliphatic heterocycles. The highest BCUT2D eigenvalue weighted by atomic mass is 16.5. The molecule has 3 rings (SSSR count). The number of rotatable bonds is 3. The van der Waals surface area contributed by atoms with Crippen LogP contribution in [0.25, 0.3) is 0 Å². The zero-order valence-electron chi connectivity index (χ0n) is 11.3. The molecule has 1 saturated carbocycles. The lowest BCUT2D eigenvalue weighted by atomic mass is 9.90. The summed E-state index contributed by atoms with van der Waals surface area (Å²) in [5.74, 6) is 0.845. The van der Waals surface area contributed by atoms with E-state index in [2.05, 4.69) is 4.98 Å². The standard InChI is InChI=1S/C15H22N2O2/c16-10-12-3-4-14(11-17-12)19-13-5-8-18-15(9-13)6-1-2-7-15/h3-4,11,13H,1-2,5-10,16H2. The van der Waals surface area contributed by atoms with E-state index in [0.717, 1.165) is 30.9 Å². The van der Waals surface area contributed by atoms with E-state index in [-0.39, 0.29) is 11.7 Å². The summed E-state index contributed by atoms with van der Waals surface area (Å²) in [4.78, 5) is 4.27. The third kappa shape index (κ3) is 2.90. The summed E-state index contributed by atoms with van der Waals surface area (Å²) in [5.41, 5.74) is 6.54. The zero-order valence-corrected chi connectivity index (χ0v) is 11.3. The van der Waals surface area contributed by atoms with Crippen molar-refractivity contribution in [3.8, 4) is 5.75 Å². The van der Waals surface area contributed by atoms with Crippen LogP contribution < -0.4 is 10.5 Å². The van der Waals surface area contributed by atoms with Gasteiger partial charge in [0, 0.05) is 19.4 Å². The van der Waals surface area contributed by atoms with Crippen LogP contribution in [0.3, 0.4) is 0 Å². The number of nitrogens with two attached hydrogens (primary N) is 1. The van der Waals surface area contributed by atoms with Crippen LogP contribution in [-0.2, 0) is 11.3 Å². The second-order valence-corrected chi connectivity index (χ2v) is 5.66. The highest BCUT2D eigenvalue weighted by Crippen LogP contribution is 2.40. The maximum Gasteiger partial charge on any atom is 0.138 e. The molecule has 2 N–H and O–H groups in total. The van der Waals surface area contributed by atoms with E-state index in [1.807, 2.05) is 12.1 Å². The van der Waals surface area contributed by atoms with Gasteiger partial charge in [0.1, 0.15) is 11.9 Å². The third-order valence-electron chi connectivity index (χ3n) is 4.27. The van der Waals surface area contributed by atoms with Crippen LogP contribution in [0.1, 0.15) is 44.2 Å². The number of nitrogens with zero attached hydrogens (tertiary/aromatic N) is 1. The molecule has 4 nitrogen and oxygen atoms in total. The fraction of sp³-hybridized carbons (Fsp3) is 0.667. The van der Waals surface area contributed by atoms with E-state index in [1.54, 1.807) is 6.20 Å². The number of pyridine rings is 1. The van der Waals surface area contributed by atoms with Gasteiger partial charge < -0.3 is 15.2 Å². The van der Waals surface area contributed by atoms with Crippen LogP contribution in [0.4, 0.5) is 0 Å². The van der Waals surface area contributed by atoms with E-state index in [0.29, 0.717) is 6.54 Å². The van der Waals surface area contributed by atoms with E-state index >= 15 is 0 Å². The van der Waals surface area contributed by atoms with Gasteiger partial charge >= 0.3 is 0 Å². The summed E-state index contributed by atoms with van der Waals surface area (Å²) in [6.45, 7) is 1.29. The van der Waals surface area contributed by atoms with Gasteiger partial charge in [0.15, 0.2) is 0 Å². The Bertz CT molecular complexity index is 413. The molecule has 2 heterocycles. The molecule has 1 spiro atoms. The van der Waals surface area contributed by atoms with Gasteiger partial charge in [0.25, 0.3) is 0 Å². The molecule has 0 aromatic carbocycles. The first-order valence-electron chi connectivity index (χ1n) is 7.25. The summed E-state index contributed by atoms with van der Waals surface area (Å²) in [6.07, 6.45) is 9.00. The maximum atomic E-state index is 6.06. The molecular formula is C15H22N2O2. The molecule has 1 aliphatic carbocycles. The van der Waals surface area contributed by atoms with Crippen LogP contribution >= 0.6 is 0 Å². The molecule has 4 heteroatoms. The van der Waals surface area contributed by atoms with Crippen molar-refractivity contribution in [3.05, 3.63) is 24.0 Å². The molecule has 1 unspecified atom stereocenters. The fourth-order valence-corrected chi connectivity index (χ4v) is 3.25. The summed E-state index contributed by atoms with van der Waals surface area (Å²) >= 11 is 0. The van der Waals surface area contributed by atoms with E-state index in [1.165, 1.54) is 25.7 Å². The smallest absolute Gasteiger partial charge is 0.138 e. The Hall–Kier alpha value is -1.13. The Morgan fingerprint density at radius 3 is 2.89 bits per heavy atom. The van der Waals surface area contributed by atoms with Crippen molar-refractivity contribution >= 4 is 0 Å². The minimum absolute atomic E-state index is 0.105. The van der Waals surface area contributed by atoms with Gasteiger partial charge in [-0.05, 0) is 25.0 Å². The summed E-state index contributed by atoms with van der Waals surface area (Å²) < 4.78 is 12.1. The molecule has 1 aromatic heterocycles. The quantitative estimate of drug-likeness (QED) is 0.908. The second kappa shape index (κ2) is 5.47. The molecule has 1 saturated heterocycles. The van der Waals surface area contributed by atoms with Crippen molar-refractivity contribution in [2.45, 2.75) is 56.8 Å². The van der Waals surface area contributed by atoms with Crippen molar-refractivity contribution in [3.63, 3.8) is 0 Å². The van der Waals surface area contributed by atoms with Gasteiger partial charge in [0.05, 0.1) is 24.1 Å². The molecule has 0 bridgehead atoms. The summed E-state index contributed by atoms with van der Waals surface area (Å²) in [6, 6.07) is 3.89. The van der Waals surface area contributed by atoms with Gasteiger partial charge in [-0.25, -0.2) is 0 Å². The summed E-state index contributed by atoms with van der Waals surface area (Å²) in [5, 5.41) is 0. The highest BCUT2D eigenvalue weighted by molar-refractivity contribution is 5.20. The van der Waals surface area contributed by atoms with Gasteiger partial charge in [-0.1, -0.05) is 12.8 Å². The molecule has 1 atom stereocenters. The minimum Gasteiger partial charge on any atom is -0.489 e. The van der Waals surface area contributed by atoms with Crippen LogP contribution in [0.2, 0.25) is 0 Å². The predicted octanol–water partition coefficient (Wildman–Crippen LogP) is 2.41. The van der Waals surface area contributed by atoms with Crippen LogP contribution in [0, 0.1) is 0 Å². The van der Waals surface area contributed by atoms with Crippen LogP contribution in [0.5, 0.6) is 5.75 Å². The van der Waals surface area contributed by atoms with Crippen molar-refractivity contribution in [2.75, 3.05) is 6.61 Å². The molecule has 2 fully saturated rings. The Balaban J connectivity index is 1.62. The van der Waals surface area contributed by atoms with Crippen molar-refractivity contribution in [2.24, 2.45) is 5.73 Å².